The van der Waals surface area contributed by atoms with Crippen molar-refractivity contribution in [2.24, 2.45) is 0 Å². The first-order valence-corrected chi connectivity index (χ1v) is 9.80. The number of carbonyl (C=O) groups is 1. The van der Waals surface area contributed by atoms with E-state index in [0.29, 0.717) is 39.1 Å². The molecule has 1 aliphatic heterocycles. The maximum absolute atomic E-state index is 12.6. The fourth-order valence-electron chi connectivity index (χ4n) is 2.76. The SMILES string of the molecule is O=C(O)c1cc(=O)[nH]c(CCc2ccc(S(=O)(=O)N3CCOCC3)cc2)n1. The Morgan fingerprint density at radius 3 is 2.48 bits per heavy atom. The van der Waals surface area contributed by atoms with Crippen LogP contribution in [0.5, 0.6) is 0 Å². The molecule has 0 radical (unpaired) electrons. The van der Waals surface area contributed by atoms with Crippen LogP contribution in [0.1, 0.15) is 21.9 Å². The minimum absolute atomic E-state index is 0.215. The molecule has 2 heterocycles. The quantitative estimate of drug-likeness (QED) is 0.721. The summed E-state index contributed by atoms with van der Waals surface area (Å²) in [4.78, 5) is 29.1. The molecule has 0 unspecified atom stereocenters. The molecule has 9 nitrogen and oxygen atoms in total. The van der Waals surface area contributed by atoms with Crippen LogP contribution in [0.3, 0.4) is 0 Å². The van der Waals surface area contributed by atoms with Gasteiger partial charge in [-0.1, -0.05) is 12.1 Å². The second kappa shape index (κ2) is 7.99. The minimum Gasteiger partial charge on any atom is -0.477 e. The van der Waals surface area contributed by atoms with Crippen LogP contribution in [0.2, 0.25) is 0 Å². The predicted octanol–water partition coefficient (Wildman–Crippen LogP) is 0.274. The maximum atomic E-state index is 12.6. The van der Waals surface area contributed by atoms with Crippen LogP contribution in [0.15, 0.2) is 40.0 Å². The predicted molar refractivity (Wildman–Crippen MR) is 95.2 cm³/mol. The first-order valence-electron chi connectivity index (χ1n) is 8.36. The van der Waals surface area contributed by atoms with E-state index in [1.54, 1.807) is 24.3 Å². The van der Waals surface area contributed by atoms with Gasteiger partial charge in [-0.2, -0.15) is 4.31 Å². The number of nitrogens with zero attached hydrogens (tertiary/aromatic N) is 2. The fourth-order valence-corrected chi connectivity index (χ4v) is 4.17. The van der Waals surface area contributed by atoms with Crippen LogP contribution in [0, 0.1) is 0 Å². The molecule has 0 spiro atoms. The Bertz CT molecular complexity index is 978. The Morgan fingerprint density at radius 1 is 1.19 bits per heavy atom. The number of aromatic nitrogens is 2. The van der Waals surface area contributed by atoms with Gasteiger partial charge >= 0.3 is 5.97 Å². The molecule has 0 atom stereocenters. The Kier molecular flexibility index (Phi) is 5.68. The molecule has 1 saturated heterocycles. The Labute approximate surface area is 155 Å². The van der Waals surface area contributed by atoms with Crippen molar-refractivity contribution in [1.29, 1.82) is 0 Å². The molecule has 1 aromatic heterocycles. The van der Waals surface area contributed by atoms with E-state index in [2.05, 4.69) is 9.97 Å². The first kappa shape index (κ1) is 19.2. The zero-order valence-electron chi connectivity index (χ0n) is 14.4. The van der Waals surface area contributed by atoms with Crippen molar-refractivity contribution in [3.05, 3.63) is 57.8 Å². The van der Waals surface area contributed by atoms with Crippen molar-refractivity contribution in [3.8, 4) is 0 Å². The molecule has 27 heavy (non-hydrogen) atoms. The third kappa shape index (κ3) is 4.59. The van der Waals surface area contributed by atoms with Gasteiger partial charge in [0, 0.05) is 25.6 Å². The maximum Gasteiger partial charge on any atom is 0.354 e. The highest BCUT2D eigenvalue weighted by atomic mass is 32.2. The lowest BCUT2D eigenvalue weighted by molar-refractivity contribution is 0.0689. The summed E-state index contributed by atoms with van der Waals surface area (Å²) in [7, 11) is -3.54. The summed E-state index contributed by atoms with van der Waals surface area (Å²) in [5.74, 6) is -0.995. The van der Waals surface area contributed by atoms with Crippen molar-refractivity contribution in [2.75, 3.05) is 26.3 Å². The molecule has 0 amide bonds. The molecular weight excluding hydrogens is 374 g/mol. The highest BCUT2D eigenvalue weighted by molar-refractivity contribution is 7.89. The highest BCUT2D eigenvalue weighted by Gasteiger charge is 2.26. The normalized spacial score (nSPS) is 15.6. The smallest absolute Gasteiger partial charge is 0.354 e. The molecule has 0 aliphatic carbocycles. The zero-order valence-corrected chi connectivity index (χ0v) is 15.2. The van der Waals surface area contributed by atoms with Crippen LogP contribution in [0.4, 0.5) is 0 Å². The summed E-state index contributed by atoms with van der Waals surface area (Å²) >= 11 is 0. The van der Waals surface area contributed by atoms with Gasteiger partial charge in [0.25, 0.3) is 5.56 Å². The third-order valence-electron chi connectivity index (χ3n) is 4.19. The van der Waals surface area contributed by atoms with E-state index in [4.69, 9.17) is 9.84 Å². The van der Waals surface area contributed by atoms with E-state index in [9.17, 15) is 18.0 Å². The molecule has 3 rings (SSSR count). The second-order valence-electron chi connectivity index (χ2n) is 6.04. The monoisotopic (exact) mass is 393 g/mol. The van der Waals surface area contributed by atoms with Gasteiger partial charge in [-0.3, -0.25) is 4.79 Å². The van der Waals surface area contributed by atoms with Gasteiger partial charge in [0.15, 0.2) is 5.69 Å². The number of benzene rings is 1. The summed E-state index contributed by atoms with van der Waals surface area (Å²) in [6, 6.07) is 7.42. The topological polar surface area (TPSA) is 130 Å². The van der Waals surface area contributed by atoms with Crippen LogP contribution >= 0.6 is 0 Å². The van der Waals surface area contributed by atoms with Gasteiger partial charge in [-0.05, 0) is 24.1 Å². The largest absolute Gasteiger partial charge is 0.477 e. The zero-order chi connectivity index (χ0) is 19.4. The average Bonchev–Trinajstić information content (AvgIpc) is 2.67. The van der Waals surface area contributed by atoms with Crippen LogP contribution in [0.25, 0.3) is 0 Å². The molecule has 0 bridgehead atoms. The van der Waals surface area contributed by atoms with Gasteiger partial charge in [0.1, 0.15) is 5.82 Å². The lowest BCUT2D eigenvalue weighted by atomic mass is 10.1. The summed E-state index contributed by atoms with van der Waals surface area (Å²) in [6.07, 6.45) is 0.801. The van der Waals surface area contributed by atoms with E-state index in [1.807, 2.05) is 0 Å². The number of H-pyrrole nitrogens is 1. The van der Waals surface area contributed by atoms with E-state index < -0.39 is 21.6 Å². The first-order chi connectivity index (χ1) is 12.9. The number of hydrogen-bond donors (Lipinski definition) is 2. The molecule has 144 valence electrons. The van der Waals surface area contributed by atoms with Gasteiger partial charge in [-0.15, -0.1) is 0 Å². The van der Waals surface area contributed by atoms with E-state index in [1.165, 1.54) is 4.31 Å². The lowest BCUT2D eigenvalue weighted by Crippen LogP contribution is -2.40. The average molecular weight is 393 g/mol. The Morgan fingerprint density at radius 2 is 1.85 bits per heavy atom. The molecule has 1 fully saturated rings. The number of hydrogen-bond acceptors (Lipinski definition) is 6. The third-order valence-corrected chi connectivity index (χ3v) is 6.10. The van der Waals surface area contributed by atoms with Crippen LogP contribution in [-0.4, -0.2) is 60.1 Å². The van der Waals surface area contributed by atoms with Crippen LogP contribution in [-0.2, 0) is 27.6 Å². The number of carboxylic acids is 1. The summed E-state index contributed by atoms with van der Waals surface area (Å²) in [5, 5.41) is 8.95. The number of aromatic carboxylic acids is 1. The number of morpholine rings is 1. The van der Waals surface area contributed by atoms with Gasteiger partial charge in [-0.25, -0.2) is 18.2 Å². The van der Waals surface area contributed by atoms with Crippen molar-refractivity contribution in [1.82, 2.24) is 14.3 Å². The molecule has 1 aromatic carbocycles. The molecular formula is C17H19N3O6S. The standard InChI is InChI=1S/C17H19N3O6S/c21-16-11-14(17(22)23)18-15(19-16)6-3-12-1-4-13(5-2-12)27(24,25)20-7-9-26-10-8-20/h1-2,4-5,11H,3,6-10H2,(H,22,23)(H,18,19,21). The summed E-state index contributed by atoms with van der Waals surface area (Å²) in [5.41, 5.74) is 0.0179. The second-order valence-corrected chi connectivity index (χ2v) is 7.98. The van der Waals surface area contributed by atoms with Crippen LogP contribution < -0.4 is 5.56 Å². The molecule has 2 aromatic rings. The number of aryl methyl sites for hydroxylation is 2. The summed E-state index contributed by atoms with van der Waals surface area (Å²) < 4.78 is 31.7. The fraction of sp³-hybridized carbons (Fsp3) is 0.353. The molecule has 10 heteroatoms. The van der Waals surface area contributed by atoms with E-state index in [-0.39, 0.29) is 16.4 Å². The van der Waals surface area contributed by atoms with Crippen molar-refractivity contribution in [2.45, 2.75) is 17.7 Å². The molecule has 0 saturated carbocycles. The van der Waals surface area contributed by atoms with Crippen molar-refractivity contribution in [3.63, 3.8) is 0 Å². The minimum atomic E-state index is -3.54. The summed E-state index contributed by atoms with van der Waals surface area (Å²) in [6.45, 7) is 1.45. The lowest BCUT2D eigenvalue weighted by Gasteiger charge is -2.26. The Hall–Kier alpha value is -2.56. The van der Waals surface area contributed by atoms with E-state index in [0.717, 1.165) is 11.6 Å². The number of carboxylic acid groups (broad SMARTS) is 1. The van der Waals surface area contributed by atoms with E-state index >= 15 is 0 Å². The number of rotatable bonds is 6. The van der Waals surface area contributed by atoms with Crippen molar-refractivity contribution >= 4 is 16.0 Å². The van der Waals surface area contributed by atoms with Crippen molar-refractivity contribution < 1.29 is 23.1 Å². The van der Waals surface area contributed by atoms with Gasteiger partial charge in [0.2, 0.25) is 10.0 Å². The molecule has 2 N–H and O–H groups in total. The number of sulfonamides is 1. The molecule has 1 aliphatic rings. The van der Waals surface area contributed by atoms with Gasteiger partial charge < -0.3 is 14.8 Å². The number of ether oxygens (including phenoxy) is 1. The number of nitrogens with one attached hydrogen (secondary N) is 1. The van der Waals surface area contributed by atoms with Gasteiger partial charge in [0.05, 0.1) is 18.1 Å². The highest BCUT2D eigenvalue weighted by Crippen LogP contribution is 2.18. The Balaban J connectivity index is 1.69. The number of aromatic amines is 1.